The molecule has 0 unspecified atom stereocenters. The number of unbranched alkanes of at least 4 members (excludes halogenated alkanes) is 1. The van der Waals surface area contributed by atoms with Crippen LogP contribution in [0.1, 0.15) is 44.2 Å². The summed E-state index contributed by atoms with van der Waals surface area (Å²) in [6.07, 6.45) is 4.38. The fourth-order valence-corrected chi connectivity index (χ4v) is 4.25. The number of phenols is 1. The van der Waals surface area contributed by atoms with Gasteiger partial charge in [0.05, 0.1) is 48.1 Å². The van der Waals surface area contributed by atoms with Gasteiger partial charge in [-0.3, -0.25) is 0 Å². The number of hydrogen-bond donors (Lipinski definition) is 1. The van der Waals surface area contributed by atoms with E-state index in [2.05, 4.69) is 19.9 Å². The van der Waals surface area contributed by atoms with Crippen molar-refractivity contribution in [3.8, 4) is 17.2 Å². The molecule has 0 atom stereocenters. The van der Waals surface area contributed by atoms with Gasteiger partial charge in [-0.2, -0.15) is 0 Å². The Labute approximate surface area is 259 Å². The van der Waals surface area contributed by atoms with Crippen molar-refractivity contribution in [2.75, 3.05) is 39.8 Å². The molecule has 1 aliphatic heterocycles. The van der Waals surface area contributed by atoms with Crippen LogP contribution in [-0.4, -0.2) is 44.9 Å². The van der Waals surface area contributed by atoms with Crippen LogP contribution in [0.5, 0.6) is 17.2 Å². The van der Waals surface area contributed by atoms with Gasteiger partial charge in [0.25, 0.3) is 0 Å². The predicted octanol–water partition coefficient (Wildman–Crippen LogP) is 8.37. The molecule has 3 rings (SSSR count). The van der Waals surface area contributed by atoms with Crippen LogP contribution in [0.4, 0.5) is 0 Å². The Morgan fingerprint density at radius 1 is 0.703 bits per heavy atom. The second kappa shape index (κ2) is 19.1. The van der Waals surface area contributed by atoms with E-state index in [1.54, 1.807) is 0 Å². The average Bonchev–Trinajstić information content (AvgIpc) is 3.34. The van der Waals surface area contributed by atoms with E-state index < -0.39 is 0 Å². The summed E-state index contributed by atoms with van der Waals surface area (Å²) in [5, 5.41) is 9.01. The van der Waals surface area contributed by atoms with Gasteiger partial charge < -0.3 is 28.8 Å². The number of ether oxygens (including phenoxy) is 5. The summed E-state index contributed by atoms with van der Waals surface area (Å²) in [5.74, 6) is 1.29. The number of halogens is 5. The molecule has 207 valence electrons. The van der Waals surface area contributed by atoms with Gasteiger partial charge in [0.2, 0.25) is 6.79 Å². The molecule has 1 aliphatic rings. The molecule has 37 heavy (non-hydrogen) atoms. The van der Waals surface area contributed by atoms with Gasteiger partial charge in [0.1, 0.15) is 10.0 Å². The summed E-state index contributed by atoms with van der Waals surface area (Å²) in [6.45, 7) is 8.47. The first-order valence-electron chi connectivity index (χ1n) is 11.7. The Morgan fingerprint density at radius 2 is 1.19 bits per heavy atom. The molecule has 0 saturated heterocycles. The van der Waals surface area contributed by atoms with Crippen molar-refractivity contribution in [3.63, 3.8) is 0 Å². The van der Waals surface area contributed by atoms with Crippen molar-refractivity contribution >= 4 is 58.0 Å². The number of phenolic OH excluding ortho intramolecular Hbond substituents is 1. The number of rotatable bonds is 13. The molecule has 6 nitrogen and oxygen atoms in total. The molecule has 1 heterocycles. The van der Waals surface area contributed by atoms with Crippen LogP contribution < -0.4 is 9.47 Å². The Hall–Kier alpha value is -0.0897. The van der Waals surface area contributed by atoms with E-state index in [1.807, 2.05) is 6.07 Å². The number of benzene rings is 2. The first-order valence-corrected chi connectivity index (χ1v) is 13.6. The van der Waals surface area contributed by atoms with E-state index in [0.717, 1.165) is 43.8 Å². The summed E-state index contributed by atoms with van der Waals surface area (Å²) in [7, 11) is 0. The maximum atomic E-state index is 9.20. The first kappa shape index (κ1) is 34.9. The molecule has 0 amide bonds. The van der Waals surface area contributed by atoms with Crippen molar-refractivity contribution in [2.24, 2.45) is 0 Å². The van der Waals surface area contributed by atoms with Crippen molar-refractivity contribution < 1.29 is 51.2 Å². The molecule has 0 fully saturated rings. The van der Waals surface area contributed by atoms with Gasteiger partial charge in [-0.05, 0) is 36.1 Å². The standard InChI is InChI=1S/C19H30O5.C6HCl5O.Nb/c1-3-5-7-20-8-9-21-10-11-22-14-17-13-19-18(23-15-24-19)12-16(17)6-4-2;7-1-2(8)4(10)6(12)5(11)3(1)9;/h12-13H,3-11,14-15H2,1-2H3;12H;. The summed E-state index contributed by atoms with van der Waals surface area (Å²) < 4.78 is 27.6. The van der Waals surface area contributed by atoms with Gasteiger partial charge >= 0.3 is 0 Å². The van der Waals surface area contributed by atoms with Crippen molar-refractivity contribution in [3.05, 3.63) is 48.4 Å². The molecule has 2 aromatic rings. The van der Waals surface area contributed by atoms with Gasteiger partial charge in [-0.1, -0.05) is 84.7 Å². The zero-order valence-electron chi connectivity index (χ0n) is 20.8. The van der Waals surface area contributed by atoms with E-state index in [4.69, 9.17) is 81.7 Å². The number of fused-ring (bicyclic) bond motifs is 1. The topological polar surface area (TPSA) is 66.4 Å². The fraction of sp³-hybridized carbons (Fsp3) is 0.520. The molecule has 1 radical (unpaired) electrons. The second-order valence-electron chi connectivity index (χ2n) is 7.77. The Balaban J connectivity index is 0.000000445. The molecule has 1 N–H and O–H groups in total. The summed E-state index contributed by atoms with van der Waals surface area (Å²) >= 11 is 27.9. The van der Waals surface area contributed by atoms with Gasteiger partial charge in [-0.15, -0.1) is 0 Å². The minimum Gasteiger partial charge on any atom is -0.505 e. The molecule has 0 spiro atoms. The smallest absolute Gasteiger partial charge is 0.231 e. The molecule has 2 aromatic carbocycles. The van der Waals surface area contributed by atoms with E-state index in [0.29, 0.717) is 39.8 Å². The van der Waals surface area contributed by atoms with Crippen LogP contribution in [0, 0.1) is 0 Å². The largest absolute Gasteiger partial charge is 0.505 e. The van der Waals surface area contributed by atoms with Gasteiger partial charge in [0.15, 0.2) is 17.2 Å². The Morgan fingerprint density at radius 3 is 1.73 bits per heavy atom. The monoisotopic (exact) mass is 695 g/mol. The minimum atomic E-state index is -0.363. The zero-order chi connectivity index (χ0) is 26.5. The number of aryl methyl sites for hydroxylation is 1. The Kier molecular flexibility index (Phi) is 18.0. The molecular weight excluding hydrogens is 666 g/mol. The normalized spacial score (nSPS) is 11.6. The van der Waals surface area contributed by atoms with Crippen LogP contribution in [0.2, 0.25) is 25.1 Å². The third-order valence-corrected chi connectivity index (χ3v) is 7.30. The number of hydrogen-bond acceptors (Lipinski definition) is 6. The summed E-state index contributed by atoms with van der Waals surface area (Å²) in [4.78, 5) is 0. The summed E-state index contributed by atoms with van der Waals surface area (Å²) in [5.41, 5.74) is 2.44. The van der Waals surface area contributed by atoms with Crippen LogP contribution in [0.25, 0.3) is 0 Å². The van der Waals surface area contributed by atoms with Crippen LogP contribution in [-0.2, 0) is 49.6 Å². The van der Waals surface area contributed by atoms with E-state index in [1.165, 1.54) is 11.1 Å². The van der Waals surface area contributed by atoms with E-state index in [9.17, 15) is 5.11 Å². The van der Waals surface area contributed by atoms with Crippen molar-refractivity contribution in [1.82, 2.24) is 0 Å². The number of aromatic hydroxyl groups is 1. The zero-order valence-corrected chi connectivity index (χ0v) is 26.7. The molecule has 0 aromatic heterocycles. The molecular formula is C25H31Cl5NbO6. The summed E-state index contributed by atoms with van der Waals surface area (Å²) in [6, 6.07) is 4.12. The maximum absolute atomic E-state index is 9.20. The van der Waals surface area contributed by atoms with Crippen molar-refractivity contribution in [1.29, 1.82) is 0 Å². The van der Waals surface area contributed by atoms with Gasteiger partial charge in [-0.25, -0.2) is 0 Å². The van der Waals surface area contributed by atoms with Crippen LogP contribution >= 0.6 is 58.0 Å². The molecule has 0 saturated carbocycles. The molecule has 12 heteroatoms. The van der Waals surface area contributed by atoms with E-state index in [-0.39, 0.29) is 53.2 Å². The Bertz CT molecular complexity index is 874. The average molecular weight is 698 g/mol. The third-order valence-electron chi connectivity index (χ3n) is 5.04. The quantitative estimate of drug-likeness (QED) is 0.0983. The molecule has 0 aliphatic carbocycles. The maximum Gasteiger partial charge on any atom is 0.231 e. The van der Waals surface area contributed by atoms with Crippen LogP contribution in [0.15, 0.2) is 12.1 Å². The first-order chi connectivity index (χ1) is 17.3. The third kappa shape index (κ3) is 11.1. The van der Waals surface area contributed by atoms with Gasteiger partial charge in [0, 0.05) is 29.0 Å². The SMILES string of the molecule is CCCCOCCOCCOCc1cc2c(cc1CCC)OCO2.Oc1c(Cl)c(Cl)c(Cl)c(Cl)c1Cl.[Nb]. The molecule has 0 bridgehead atoms. The second-order valence-corrected chi connectivity index (χ2v) is 9.66. The minimum absolute atomic E-state index is 0. The van der Waals surface area contributed by atoms with Crippen molar-refractivity contribution in [2.45, 2.75) is 46.1 Å². The predicted molar refractivity (Wildman–Crippen MR) is 146 cm³/mol. The van der Waals surface area contributed by atoms with Crippen LogP contribution in [0.3, 0.4) is 0 Å². The fourth-order valence-electron chi connectivity index (χ4n) is 3.12. The van der Waals surface area contributed by atoms with E-state index >= 15 is 0 Å².